The summed E-state index contributed by atoms with van der Waals surface area (Å²) < 4.78 is 17.7. The molecule has 0 aliphatic rings. The average molecular weight is 433 g/mol. The highest BCUT2D eigenvalue weighted by Crippen LogP contribution is 2.31. The first kappa shape index (κ1) is 15.0. The van der Waals surface area contributed by atoms with Gasteiger partial charge in [-0.05, 0) is 43.3 Å². The zero-order valence-corrected chi connectivity index (χ0v) is 14.9. The third-order valence-electron chi connectivity index (χ3n) is 3.15. The van der Waals surface area contributed by atoms with Crippen molar-refractivity contribution in [1.29, 1.82) is 0 Å². The van der Waals surface area contributed by atoms with Crippen molar-refractivity contribution in [1.82, 2.24) is 9.55 Å². The maximum absolute atomic E-state index is 14.3. The Hall–Kier alpha value is -0.910. The molecule has 1 heterocycles. The Kier molecular flexibility index (Phi) is 4.08. The summed E-state index contributed by atoms with van der Waals surface area (Å²) in [7, 11) is 0. The van der Waals surface area contributed by atoms with Gasteiger partial charge in [0.2, 0.25) is 0 Å². The van der Waals surface area contributed by atoms with E-state index in [1.54, 1.807) is 16.7 Å². The van der Waals surface area contributed by atoms with E-state index in [0.29, 0.717) is 11.5 Å². The fourth-order valence-electron chi connectivity index (χ4n) is 2.25. The summed E-state index contributed by atoms with van der Waals surface area (Å²) in [6.07, 6.45) is 0. The van der Waals surface area contributed by atoms with Crippen molar-refractivity contribution >= 4 is 54.5 Å². The summed E-state index contributed by atoms with van der Waals surface area (Å²) in [6, 6.07) is 10.5. The number of fused-ring (bicyclic) bond motifs is 1. The van der Waals surface area contributed by atoms with Crippen molar-refractivity contribution in [3.8, 4) is 5.69 Å². The lowest BCUT2D eigenvalue weighted by Crippen LogP contribution is -2.04. The lowest BCUT2D eigenvalue weighted by Gasteiger charge is -2.12. The summed E-state index contributed by atoms with van der Waals surface area (Å²) in [4.78, 5) is 4.54. The van der Waals surface area contributed by atoms with Gasteiger partial charge < -0.3 is 0 Å². The number of benzene rings is 2. The highest BCUT2D eigenvalue weighted by molar-refractivity contribution is 9.10. The van der Waals surface area contributed by atoms with Crippen LogP contribution in [-0.4, -0.2) is 9.55 Å². The monoisotopic (exact) mass is 430 g/mol. The second-order valence-corrected chi connectivity index (χ2v) is 7.14. The van der Waals surface area contributed by atoms with E-state index < -0.39 is 0 Å². The second kappa shape index (κ2) is 5.71. The van der Waals surface area contributed by atoms with Crippen LogP contribution in [0.25, 0.3) is 16.7 Å². The van der Waals surface area contributed by atoms with Crippen LogP contribution in [0.2, 0.25) is 0 Å². The van der Waals surface area contributed by atoms with Crippen LogP contribution in [0, 0.1) is 5.82 Å². The van der Waals surface area contributed by atoms with E-state index in [1.807, 2.05) is 25.1 Å². The minimum absolute atomic E-state index is 0.320. The summed E-state index contributed by atoms with van der Waals surface area (Å²) >= 11 is 13.0. The molecule has 6 heteroatoms. The Bertz CT molecular complexity index is 830. The smallest absolute Gasteiger partial charge is 0.147 e. The van der Waals surface area contributed by atoms with Gasteiger partial charge in [-0.1, -0.05) is 31.9 Å². The standard InChI is InChI=1S/C15H10Br2ClFN2/c1-8(18)15-20-12-6-9(16)3-5-13(12)21(15)14-7-10(17)2-4-11(14)19/h2-8H,1H3. The van der Waals surface area contributed by atoms with Gasteiger partial charge >= 0.3 is 0 Å². The Morgan fingerprint density at radius 3 is 2.52 bits per heavy atom. The molecular weight excluding hydrogens is 422 g/mol. The molecule has 2 aromatic carbocycles. The molecule has 108 valence electrons. The highest BCUT2D eigenvalue weighted by Gasteiger charge is 2.19. The van der Waals surface area contributed by atoms with E-state index in [-0.39, 0.29) is 11.2 Å². The summed E-state index contributed by atoms with van der Waals surface area (Å²) in [6.45, 7) is 1.82. The van der Waals surface area contributed by atoms with Gasteiger partial charge in [0.25, 0.3) is 0 Å². The van der Waals surface area contributed by atoms with Gasteiger partial charge in [-0.3, -0.25) is 4.57 Å². The van der Waals surface area contributed by atoms with Gasteiger partial charge in [0.1, 0.15) is 11.6 Å². The summed E-state index contributed by atoms with van der Waals surface area (Å²) in [5, 5.41) is -0.338. The molecule has 0 amide bonds. The normalized spacial score (nSPS) is 12.8. The van der Waals surface area contributed by atoms with Crippen LogP contribution in [0.1, 0.15) is 18.1 Å². The SMILES string of the molecule is CC(Cl)c1nc2cc(Br)ccc2n1-c1cc(Br)ccc1F. The molecular formula is C15H10Br2ClFN2. The van der Waals surface area contributed by atoms with Crippen LogP contribution < -0.4 is 0 Å². The highest BCUT2D eigenvalue weighted by atomic mass is 79.9. The van der Waals surface area contributed by atoms with Gasteiger partial charge in [-0.25, -0.2) is 9.37 Å². The summed E-state index contributed by atoms with van der Waals surface area (Å²) in [5.41, 5.74) is 2.01. The molecule has 0 bridgehead atoms. The van der Waals surface area contributed by atoms with E-state index in [9.17, 15) is 4.39 Å². The van der Waals surface area contributed by atoms with Crippen molar-refractivity contribution in [2.75, 3.05) is 0 Å². The number of hydrogen-bond donors (Lipinski definition) is 0. The van der Waals surface area contributed by atoms with E-state index in [4.69, 9.17) is 11.6 Å². The first-order chi connectivity index (χ1) is 9.97. The first-order valence-corrected chi connectivity index (χ1v) is 8.27. The van der Waals surface area contributed by atoms with Gasteiger partial charge in [0.05, 0.1) is 22.1 Å². The maximum Gasteiger partial charge on any atom is 0.147 e. The fraction of sp³-hybridized carbons (Fsp3) is 0.133. The van der Waals surface area contributed by atoms with Crippen molar-refractivity contribution in [3.05, 3.63) is 57.0 Å². The Morgan fingerprint density at radius 2 is 1.81 bits per heavy atom. The molecule has 1 atom stereocenters. The predicted octanol–water partition coefficient (Wildman–Crippen LogP) is 5.99. The number of aromatic nitrogens is 2. The molecule has 0 radical (unpaired) electrons. The average Bonchev–Trinajstić information content (AvgIpc) is 2.80. The number of halogens is 4. The molecule has 0 aliphatic heterocycles. The fourth-order valence-corrected chi connectivity index (χ4v) is 3.09. The van der Waals surface area contributed by atoms with Crippen molar-refractivity contribution in [2.45, 2.75) is 12.3 Å². The van der Waals surface area contributed by atoms with E-state index in [0.717, 1.165) is 20.0 Å². The first-order valence-electron chi connectivity index (χ1n) is 6.25. The molecule has 0 spiro atoms. The van der Waals surface area contributed by atoms with Crippen LogP contribution in [-0.2, 0) is 0 Å². The zero-order valence-electron chi connectivity index (χ0n) is 10.9. The lowest BCUT2D eigenvalue weighted by atomic mass is 10.2. The molecule has 3 rings (SSSR count). The lowest BCUT2D eigenvalue weighted by molar-refractivity contribution is 0.616. The number of rotatable bonds is 2. The molecule has 0 aliphatic carbocycles. The molecule has 3 aromatic rings. The number of imidazole rings is 1. The molecule has 2 nitrogen and oxygen atoms in total. The molecule has 0 saturated heterocycles. The minimum atomic E-state index is -0.338. The number of hydrogen-bond acceptors (Lipinski definition) is 1. The zero-order chi connectivity index (χ0) is 15.1. The molecule has 1 unspecified atom stereocenters. The van der Waals surface area contributed by atoms with Crippen LogP contribution in [0.3, 0.4) is 0 Å². The Morgan fingerprint density at radius 1 is 1.14 bits per heavy atom. The quantitative estimate of drug-likeness (QED) is 0.455. The van der Waals surface area contributed by atoms with Gasteiger partial charge in [-0.2, -0.15) is 0 Å². The van der Waals surface area contributed by atoms with E-state index in [1.165, 1.54) is 6.07 Å². The van der Waals surface area contributed by atoms with Crippen LogP contribution >= 0.6 is 43.5 Å². The van der Waals surface area contributed by atoms with Crippen LogP contribution in [0.15, 0.2) is 45.3 Å². The van der Waals surface area contributed by atoms with Crippen LogP contribution in [0.4, 0.5) is 4.39 Å². The summed E-state index contributed by atoms with van der Waals surface area (Å²) in [5.74, 6) is 0.292. The molecule has 1 aromatic heterocycles. The second-order valence-electron chi connectivity index (χ2n) is 4.65. The molecule has 0 N–H and O–H groups in total. The van der Waals surface area contributed by atoms with E-state index in [2.05, 4.69) is 36.8 Å². The number of alkyl halides is 1. The number of nitrogens with zero attached hydrogens (tertiary/aromatic N) is 2. The minimum Gasteiger partial charge on any atom is -0.292 e. The Labute approximate surface area is 143 Å². The van der Waals surface area contributed by atoms with Crippen molar-refractivity contribution < 1.29 is 4.39 Å². The largest absolute Gasteiger partial charge is 0.292 e. The van der Waals surface area contributed by atoms with Gasteiger partial charge in [0, 0.05) is 8.95 Å². The topological polar surface area (TPSA) is 17.8 Å². The van der Waals surface area contributed by atoms with Gasteiger partial charge in [-0.15, -0.1) is 11.6 Å². The third-order valence-corrected chi connectivity index (χ3v) is 4.33. The van der Waals surface area contributed by atoms with Crippen molar-refractivity contribution in [3.63, 3.8) is 0 Å². The molecule has 0 fully saturated rings. The van der Waals surface area contributed by atoms with Crippen LogP contribution in [0.5, 0.6) is 0 Å². The Balaban J connectivity index is 2.39. The molecule has 0 saturated carbocycles. The predicted molar refractivity (Wildman–Crippen MR) is 90.7 cm³/mol. The van der Waals surface area contributed by atoms with Crippen molar-refractivity contribution in [2.24, 2.45) is 0 Å². The molecule has 21 heavy (non-hydrogen) atoms. The third kappa shape index (κ3) is 2.74. The van der Waals surface area contributed by atoms with E-state index >= 15 is 0 Å². The maximum atomic E-state index is 14.3. The van der Waals surface area contributed by atoms with Gasteiger partial charge in [0.15, 0.2) is 0 Å².